The molecule has 0 fully saturated rings. The van der Waals surface area contributed by atoms with Crippen LogP contribution < -0.4 is 9.47 Å². The normalized spacial score (nSPS) is 11.6. The van der Waals surface area contributed by atoms with Gasteiger partial charge in [0.2, 0.25) is 21.2 Å². The molecule has 0 radical (unpaired) electrons. The number of methoxy groups -OCH3 is 1. The molecule has 25 heavy (non-hydrogen) atoms. The Kier molecular flexibility index (Phi) is 6.21. The Morgan fingerprint density at radius 3 is 2.44 bits per heavy atom. The van der Waals surface area contributed by atoms with Gasteiger partial charge in [-0.3, -0.25) is 0 Å². The van der Waals surface area contributed by atoms with Crippen LogP contribution in [0, 0.1) is 13.8 Å². The first kappa shape index (κ1) is 19.4. The largest absolute Gasteiger partial charge is 0.497 e. The maximum atomic E-state index is 12.9. The van der Waals surface area contributed by atoms with Crippen molar-refractivity contribution in [1.82, 2.24) is 14.3 Å². The van der Waals surface area contributed by atoms with E-state index in [1.165, 1.54) is 17.5 Å². The summed E-state index contributed by atoms with van der Waals surface area (Å²) in [6, 6.07) is 4.96. The van der Waals surface area contributed by atoms with Gasteiger partial charge in [0.1, 0.15) is 12.4 Å². The summed E-state index contributed by atoms with van der Waals surface area (Å²) in [5, 5.41) is 0.0722. The number of rotatable bonds is 7. The van der Waals surface area contributed by atoms with Crippen molar-refractivity contribution in [2.75, 3.05) is 27.3 Å². The Balaban J connectivity index is 2.11. The van der Waals surface area contributed by atoms with Crippen LogP contribution in [-0.2, 0) is 10.0 Å². The van der Waals surface area contributed by atoms with Crippen molar-refractivity contribution in [3.63, 3.8) is 0 Å². The molecule has 1 heterocycles. The highest BCUT2D eigenvalue weighted by atomic mass is 35.5. The molecule has 0 aliphatic rings. The first-order chi connectivity index (χ1) is 11.8. The second-order valence-electron chi connectivity index (χ2n) is 5.43. The molecule has 0 amide bonds. The first-order valence-electron chi connectivity index (χ1n) is 7.48. The van der Waals surface area contributed by atoms with Gasteiger partial charge in [0.05, 0.1) is 12.0 Å². The number of hydrogen-bond acceptors (Lipinski definition) is 6. The maximum absolute atomic E-state index is 12.9. The predicted molar refractivity (Wildman–Crippen MR) is 94.8 cm³/mol. The lowest BCUT2D eigenvalue weighted by Gasteiger charge is -2.20. The van der Waals surface area contributed by atoms with Crippen LogP contribution in [0.25, 0.3) is 0 Å². The summed E-state index contributed by atoms with van der Waals surface area (Å²) in [6.07, 6.45) is 1.47. The van der Waals surface area contributed by atoms with Gasteiger partial charge < -0.3 is 9.47 Å². The molecule has 7 nitrogen and oxygen atoms in total. The molecule has 0 unspecified atom stereocenters. The van der Waals surface area contributed by atoms with Crippen LogP contribution >= 0.6 is 11.6 Å². The summed E-state index contributed by atoms with van der Waals surface area (Å²) in [6.45, 7) is 3.79. The molecule has 0 bridgehead atoms. The number of benzene rings is 1. The standard InChI is InChI=1S/C16H20ClN3O4S/c1-11-9-13(23-4)10-12(2)15(11)25(21,22)20(3)7-8-24-14-5-6-18-16(17)19-14/h5-6,9-10H,7-8H2,1-4H3. The molecule has 2 rings (SSSR count). The van der Waals surface area contributed by atoms with Gasteiger partial charge in [-0.25, -0.2) is 13.4 Å². The van der Waals surface area contributed by atoms with Crippen LogP contribution in [0.1, 0.15) is 11.1 Å². The van der Waals surface area contributed by atoms with Gasteiger partial charge in [-0.05, 0) is 48.7 Å². The molecule has 1 aromatic heterocycles. The van der Waals surface area contributed by atoms with Gasteiger partial charge in [-0.15, -0.1) is 0 Å². The summed E-state index contributed by atoms with van der Waals surface area (Å²) in [7, 11) is -0.593. The van der Waals surface area contributed by atoms with E-state index >= 15 is 0 Å². The minimum Gasteiger partial charge on any atom is -0.497 e. The highest BCUT2D eigenvalue weighted by molar-refractivity contribution is 7.89. The van der Waals surface area contributed by atoms with Crippen molar-refractivity contribution in [3.05, 3.63) is 40.8 Å². The third-order valence-corrected chi connectivity index (χ3v) is 5.94. The van der Waals surface area contributed by atoms with Crippen molar-refractivity contribution >= 4 is 21.6 Å². The van der Waals surface area contributed by atoms with E-state index in [2.05, 4.69) is 9.97 Å². The van der Waals surface area contributed by atoms with Gasteiger partial charge in [0, 0.05) is 25.9 Å². The number of aromatic nitrogens is 2. The van der Waals surface area contributed by atoms with E-state index in [-0.39, 0.29) is 23.3 Å². The van der Waals surface area contributed by atoms with Crippen molar-refractivity contribution in [1.29, 1.82) is 0 Å². The summed E-state index contributed by atoms with van der Waals surface area (Å²) < 4.78 is 37.6. The molecule has 1 aromatic carbocycles. The highest BCUT2D eigenvalue weighted by Crippen LogP contribution is 2.27. The molecule has 2 aromatic rings. The minimum atomic E-state index is -3.65. The second-order valence-corrected chi connectivity index (χ2v) is 7.75. The first-order valence-corrected chi connectivity index (χ1v) is 9.30. The summed E-state index contributed by atoms with van der Waals surface area (Å²) in [4.78, 5) is 7.92. The van der Waals surface area contributed by atoms with E-state index in [9.17, 15) is 8.42 Å². The number of hydrogen-bond donors (Lipinski definition) is 0. The zero-order valence-corrected chi connectivity index (χ0v) is 16.1. The van der Waals surface area contributed by atoms with Crippen molar-refractivity contribution in [2.24, 2.45) is 0 Å². The number of sulfonamides is 1. The van der Waals surface area contributed by atoms with E-state index < -0.39 is 10.0 Å². The molecular formula is C16H20ClN3O4S. The zero-order chi connectivity index (χ0) is 18.6. The van der Waals surface area contributed by atoms with E-state index in [0.717, 1.165) is 0 Å². The minimum absolute atomic E-state index is 0.0722. The molecule has 0 aliphatic heterocycles. The van der Waals surface area contributed by atoms with Crippen molar-refractivity contribution < 1.29 is 17.9 Å². The van der Waals surface area contributed by atoms with E-state index in [0.29, 0.717) is 22.8 Å². The fraction of sp³-hybridized carbons (Fsp3) is 0.375. The molecule has 0 atom stereocenters. The van der Waals surface area contributed by atoms with Gasteiger partial charge in [-0.2, -0.15) is 9.29 Å². The van der Waals surface area contributed by atoms with Crippen LogP contribution in [0.2, 0.25) is 5.28 Å². The second kappa shape index (κ2) is 7.99. The van der Waals surface area contributed by atoms with E-state index in [1.54, 1.807) is 39.2 Å². The Morgan fingerprint density at radius 1 is 1.24 bits per heavy atom. The average molecular weight is 386 g/mol. The van der Waals surface area contributed by atoms with Crippen molar-refractivity contribution in [3.8, 4) is 11.6 Å². The van der Waals surface area contributed by atoms with Crippen LogP contribution in [0.4, 0.5) is 0 Å². The van der Waals surface area contributed by atoms with E-state index in [1.807, 2.05) is 0 Å². The maximum Gasteiger partial charge on any atom is 0.243 e. The summed E-state index contributed by atoms with van der Waals surface area (Å²) in [5.41, 5.74) is 1.26. The number of nitrogens with zero attached hydrogens (tertiary/aromatic N) is 3. The Bertz CT molecular complexity index is 835. The van der Waals surface area contributed by atoms with Gasteiger partial charge in [-0.1, -0.05) is 0 Å². The Labute approximate surface area is 152 Å². The van der Waals surface area contributed by atoms with Gasteiger partial charge >= 0.3 is 0 Å². The molecule has 0 aliphatic carbocycles. The third kappa shape index (κ3) is 4.59. The third-order valence-electron chi connectivity index (χ3n) is 3.59. The number of likely N-dealkylation sites (N-methyl/N-ethyl adjacent to an activating group) is 1. The molecule has 0 saturated carbocycles. The fourth-order valence-corrected chi connectivity index (χ4v) is 4.09. The molecule has 9 heteroatoms. The molecule has 136 valence electrons. The number of aryl methyl sites for hydroxylation is 2. The molecular weight excluding hydrogens is 366 g/mol. The van der Waals surface area contributed by atoms with Crippen LogP contribution in [-0.4, -0.2) is 50.0 Å². The van der Waals surface area contributed by atoms with Gasteiger partial charge in [0.15, 0.2) is 0 Å². The number of halogens is 1. The smallest absolute Gasteiger partial charge is 0.243 e. The highest BCUT2D eigenvalue weighted by Gasteiger charge is 2.25. The zero-order valence-electron chi connectivity index (χ0n) is 14.5. The quantitative estimate of drug-likeness (QED) is 0.681. The lowest BCUT2D eigenvalue weighted by Crippen LogP contribution is -2.32. The fourth-order valence-electron chi connectivity index (χ4n) is 2.39. The molecule has 0 spiro atoms. The van der Waals surface area contributed by atoms with Crippen LogP contribution in [0.5, 0.6) is 11.6 Å². The Morgan fingerprint density at radius 2 is 1.88 bits per heavy atom. The van der Waals surface area contributed by atoms with Gasteiger partial charge in [0.25, 0.3) is 0 Å². The predicted octanol–water partition coefficient (Wildman–Crippen LogP) is 2.45. The lowest BCUT2D eigenvalue weighted by atomic mass is 10.1. The van der Waals surface area contributed by atoms with Crippen molar-refractivity contribution in [2.45, 2.75) is 18.7 Å². The molecule has 0 saturated heterocycles. The average Bonchev–Trinajstić information content (AvgIpc) is 2.53. The monoisotopic (exact) mass is 385 g/mol. The summed E-state index contributed by atoms with van der Waals surface area (Å²) in [5.74, 6) is 0.920. The van der Waals surface area contributed by atoms with E-state index in [4.69, 9.17) is 21.1 Å². The lowest BCUT2D eigenvalue weighted by molar-refractivity contribution is 0.277. The SMILES string of the molecule is COc1cc(C)c(S(=O)(=O)N(C)CCOc2ccnc(Cl)n2)c(C)c1. The summed E-state index contributed by atoms with van der Waals surface area (Å²) >= 11 is 5.68. The number of ether oxygens (including phenoxy) is 2. The molecule has 0 N–H and O–H groups in total. The van der Waals surface area contributed by atoms with Crippen LogP contribution in [0.3, 0.4) is 0 Å². The Hall–Kier alpha value is -1.90. The van der Waals surface area contributed by atoms with Crippen LogP contribution in [0.15, 0.2) is 29.3 Å². The topological polar surface area (TPSA) is 81.6 Å².